The number of phenolic OH excluding ortho intramolecular Hbond substituents is 1. The van der Waals surface area contributed by atoms with Crippen LogP contribution in [0.3, 0.4) is 0 Å². The molecule has 0 aliphatic carbocycles. The number of aromatic hydroxyl groups is 1. The summed E-state index contributed by atoms with van der Waals surface area (Å²) in [7, 11) is 0. The smallest absolute Gasteiger partial charge is 0.319 e. The molecule has 0 bridgehead atoms. The number of anilines is 1. The van der Waals surface area contributed by atoms with E-state index >= 15 is 0 Å². The SMILES string of the molecule is CC(C)NC(=O)Cc1ccc(NC(=O)NCc2cccc(O)c2)cc1. The Balaban J connectivity index is 1.82. The minimum absolute atomic E-state index is 0.0282. The second kappa shape index (κ2) is 8.73. The first kappa shape index (κ1) is 18.3. The number of hydrogen-bond acceptors (Lipinski definition) is 3. The Labute approximate surface area is 147 Å². The number of rotatable bonds is 6. The Hall–Kier alpha value is -3.02. The van der Waals surface area contributed by atoms with Crippen LogP contribution in [0.25, 0.3) is 0 Å². The van der Waals surface area contributed by atoms with Gasteiger partial charge in [0, 0.05) is 18.3 Å². The van der Waals surface area contributed by atoms with Gasteiger partial charge >= 0.3 is 6.03 Å². The maximum absolute atomic E-state index is 11.9. The highest BCUT2D eigenvalue weighted by Gasteiger charge is 2.06. The van der Waals surface area contributed by atoms with E-state index in [1.54, 1.807) is 30.3 Å². The number of amides is 3. The highest BCUT2D eigenvalue weighted by atomic mass is 16.3. The van der Waals surface area contributed by atoms with Crippen molar-refractivity contribution < 1.29 is 14.7 Å². The number of phenols is 1. The minimum atomic E-state index is -0.339. The molecule has 0 saturated heterocycles. The minimum Gasteiger partial charge on any atom is -0.508 e. The number of carbonyl (C=O) groups is 2. The molecule has 0 heterocycles. The maximum atomic E-state index is 11.9. The summed E-state index contributed by atoms with van der Waals surface area (Å²) in [6.45, 7) is 4.15. The molecule has 6 heteroatoms. The Bertz CT molecular complexity index is 727. The lowest BCUT2D eigenvalue weighted by Crippen LogP contribution is -2.31. The van der Waals surface area contributed by atoms with Gasteiger partial charge in [0.15, 0.2) is 0 Å². The number of nitrogens with one attached hydrogen (secondary N) is 3. The van der Waals surface area contributed by atoms with Gasteiger partial charge in [-0.25, -0.2) is 4.79 Å². The summed E-state index contributed by atoms with van der Waals surface area (Å²) in [4.78, 5) is 23.6. The Kier molecular flexibility index (Phi) is 6.39. The van der Waals surface area contributed by atoms with E-state index in [2.05, 4.69) is 16.0 Å². The van der Waals surface area contributed by atoms with E-state index in [1.807, 2.05) is 32.0 Å². The molecule has 3 amide bonds. The van der Waals surface area contributed by atoms with Crippen molar-refractivity contribution in [1.29, 1.82) is 0 Å². The first-order valence-electron chi connectivity index (χ1n) is 8.13. The fraction of sp³-hybridized carbons (Fsp3) is 0.263. The summed E-state index contributed by atoms with van der Waals surface area (Å²) in [6.07, 6.45) is 0.308. The van der Waals surface area contributed by atoms with Crippen molar-refractivity contribution in [2.75, 3.05) is 5.32 Å². The van der Waals surface area contributed by atoms with E-state index < -0.39 is 0 Å². The average molecular weight is 341 g/mol. The lowest BCUT2D eigenvalue weighted by molar-refractivity contribution is -0.120. The largest absolute Gasteiger partial charge is 0.508 e. The van der Waals surface area contributed by atoms with Crippen LogP contribution in [0.2, 0.25) is 0 Å². The second-order valence-corrected chi connectivity index (χ2v) is 6.07. The fourth-order valence-corrected chi connectivity index (χ4v) is 2.29. The molecule has 0 atom stereocenters. The standard InChI is InChI=1S/C19H23N3O3/c1-13(2)21-18(24)11-14-6-8-16(9-7-14)22-19(25)20-12-15-4-3-5-17(23)10-15/h3-10,13,23H,11-12H2,1-2H3,(H,21,24)(H2,20,22,25). The van der Waals surface area contributed by atoms with Crippen LogP contribution >= 0.6 is 0 Å². The van der Waals surface area contributed by atoms with Crippen molar-refractivity contribution >= 4 is 17.6 Å². The van der Waals surface area contributed by atoms with Crippen LogP contribution in [-0.2, 0) is 17.8 Å². The van der Waals surface area contributed by atoms with E-state index in [0.717, 1.165) is 11.1 Å². The predicted molar refractivity (Wildman–Crippen MR) is 97.4 cm³/mol. The summed E-state index contributed by atoms with van der Waals surface area (Å²) in [5.41, 5.74) is 2.33. The number of carbonyl (C=O) groups excluding carboxylic acids is 2. The molecule has 0 aromatic heterocycles. The molecule has 6 nitrogen and oxygen atoms in total. The van der Waals surface area contributed by atoms with Gasteiger partial charge in [-0.2, -0.15) is 0 Å². The predicted octanol–water partition coefficient (Wildman–Crippen LogP) is 2.78. The molecule has 132 valence electrons. The normalized spacial score (nSPS) is 10.4. The molecule has 2 aromatic rings. The second-order valence-electron chi connectivity index (χ2n) is 6.07. The Morgan fingerprint density at radius 2 is 1.76 bits per heavy atom. The molecule has 0 aliphatic heterocycles. The summed E-state index contributed by atoms with van der Waals surface area (Å²) >= 11 is 0. The van der Waals surface area contributed by atoms with Gasteiger partial charge in [0.05, 0.1) is 6.42 Å². The summed E-state index contributed by atoms with van der Waals surface area (Å²) < 4.78 is 0. The third kappa shape index (κ3) is 6.55. The van der Waals surface area contributed by atoms with Gasteiger partial charge < -0.3 is 21.1 Å². The van der Waals surface area contributed by atoms with Crippen molar-refractivity contribution in [1.82, 2.24) is 10.6 Å². The van der Waals surface area contributed by atoms with Crippen LogP contribution in [0, 0.1) is 0 Å². The number of hydrogen-bond donors (Lipinski definition) is 4. The van der Waals surface area contributed by atoms with Crippen LogP contribution in [0.4, 0.5) is 10.5 Å². The maximum Gasteiger partial charge on any atom is 0.319 e. The number of benzene rings is 2. The van der Waals surface area contributed by atoms with Gasteiger partial charge in [0.25, 0.3) is 0 Å². The van der Waals surface area contributed by atoms with Crippen molar-refractivity contribution in [2.24, 2.45) is 0 Å². The highest BCUT2D eigenvalue weighted by Crippen LogP contribution is 2.12. The zero-order valence-electron chi connectivity index (χ0n) is 14.4. The van der Waals surface area contributed by atoms with E-state index in [1.165, 1.54) is 0 Å². The summed E-state index contributed by atoms with van der Waals surface area (Å²) in [6, 6.07) is 13.6. The van der Waals surface area contributed by atoms with Crippen molar-refractivity contribution in [3.05, 3.63) is 59.7 Å². The summed E-state index contributed by atoms with van der Waals surface area (Å²) in [5.74, 6) is 0.136. The topological polar surface area (TPSA) is 90.5 Å². The van der Waals surface area contributed by atoms with Gasteiger partial charge in [-0.1, -0.05) is 24.3 Å². The molecule has 2 rings (SSSR count). The Morgan fingerprint density at radius 1 is 1.04 bits per heavy atom. The van der Waals surface area contributed by atoms with E-state index in [9.17, 15) is 14.7 Å². The quantitative estimate of drug-likeness (QED) is 0.651. The zero-order valence-corrected chi connectivity index (χ0v) is 14.4. The molecular formula is C19H23N3O3. The van der Waals surface area contributed by atoms with Crippen molar-refractivity contribution in [3.63, 3.8) is 0 Å². The van der Waals surface area contributed by atoms with Gasteiger partial charge in [-0.05, 0) is 49.2 Å². The van der Waals surface area contributed by atoms with E-state index in [-0.39, 0.29) is 23.7 Å². The number of urea groups is 1. The highest BCUT2D eigenvalue weighted by molar-refractivity contribution is 5.89. The molecule has 0 fully saturated rings. The van der Waals surface area contributed by atoms with Crippen molar-refractivity contribution in [2.45, 2.75) is 32.9 Å². The van der Waals surface area contributed by atoms with Gasteiger partial charge in [-0.3, -0.25) is 4.79 Å². The molecule has 25 heavy (non-hydrogen) atoms. The lowest BCUT2D eigenvalue weighted by atomic mass is 10.1. The fourth-order valence-electron chi connectivity index (χ4n) is 2.29. The average Bonchev–Trinajstić information content (AvgIpc) is 2.54. The molecule has 0 aliphatic rings. The van der Waals surface area contributed by atoms with Gasteiger partial charge in [-0.15, -0.1) is 0 Å². The van der Waals surface area contributed by atoms with E-state index in [4.69, 9.17) is 0 Å². The van der Waals surface area contributed by atoms with Crippen LogP contribution in [-0.4, -0.2) is 23.1 Å². The third-order valence-corrected chi connectivity index (χ3v) is 3.39. The third-order valence-electron chi connectivity index (χ3n) is 3.39. The monoisotopic (exact) mass is 341 g/mol. The molecular weight excluding hydrogens is 318 g/mol. The van der Waals surface area contributed by atoms with Crippen LogP contribution in [0.15, 0.2) is 48.5 Å². The summed E-state index contributed by atoms with van der Waals surface area (Å²) in [5, 5.41) is 17.7. The lowest BCUT2D eigenvalue weighted by Gasteiger charge is -2.10. The molecule has 0 radical (unpaired) electrons. The van der Waals surface area contributed by atoms with Crippen LogP contribution in [0.5, 0.6) is 5.75 Å². The molecule has 2 aromatic carbocycles. The first-order valence-corrected chi connectivity index (χ1v) is 8.13. The van der Waals surface area contributed by atoms with Crippen molar-refractivity contribution in [3.8, 4) is 5.75 Å². The van der Waals surface area contributed by atoms with Gasteiger partial charge in [0.2, 0.25) is 5.91 Å². The van der Waals surface area contributed by atoms with Crippen LogP contribution in [0.1, 0.15) is 25.0 Å². The van der Waals surface area contributed by atoms with E-state index in [0.29, 0.717) is 18.7 Å². The molecule has 0 saturated carbocycles. The molecule has 4 N–H and O–H groups in total. The van der Waals surface area contributed by atoms with Crippen LogP contribution < -0.4 is 16.0 Å². The molecule has 0 unspecified atom stereocenters. The molecule has 0 spiro atoms. The zero-order chi connectivity index (χ0) is 18.2. The first-order chi connectivity index (χ1) is 11.9. The van der Waals surface area contributed by atoms with Gasteiger partial charge in [0.1, 0.15) is 5.75 Å². The Morgan fingerprint density at radius 3 is 2.40 bits per heavy atom.